The lowest BCUT2D eigenvalue weighted by atomic mass is 10.1. The summed E-state index contributed by atoms with van der Waals surface area (Å²) in [6.45, 7) is 2.17. The standard InChI is InChI=1S/C13H14BrN3S/c14-9-7-10-11(15)1-2-12(13(10)16-8-9)17-3-5-18-6-4-17/h1-2,7-8H,3-6,15H2. The Morgan fingerprint density at radius 3 is 2.83 bits per heavy atom. The molecule has 1 aromatic carbocycles. The maximum Gasteiger partial charge on any atom is 0.0956 e. The minimum atomic E-state index is 0.786. The largest absolute Gasteiger partial charge is 0.398 e. The highest BCUT2D eigenvalue weighted by molar-refractivity contribution is 9.10. The second-order valence-corrected chi connectivity index (χ2v) is 6.46. The van der Waals surface area contributed by atoms with Crippen LogP contribution in [0, 0.1) is 0 Å². The van der Waals surface area contributed by atoms with E-state index in [2.05, 4.69) is 31.9 Å². The summed E-state index contributed by atoms with van der Waals surface area (Å²) in [7, 11) is 0. The monoisotopic (exact) mass is 323 g/mol. The summed E-state index contributed by atoms with van der Waals surface area (Å²) in [4.78, 5) is 6.94. The van der Waals surface area contributed by atoms with Gasteiger partial charge in [-0.15, -0.1) is 0 Å². The maximum atomic E-state index is 6.04. The predicted molar refractivity (Wildman–Crippen MR) is 83.4 cm³/mol. The highest BCUT2D eigenvalue weighted by Gasteiger charge is 2.15. The van der Waals surface area contributed by atoms with Crippen molar-refractivity contribution in [3.63, 3.8) is 0 Å². The van der Waals surface area contributed by atoms with Gasteiger partial charge in [0.15, 0.2) is 0 Å². The fourth-order valence-electron chi connectivity index (χ4n) is 2.26. The summed E-state index contributed by atoms with van der Waals surface area (Å²) in [5.41, 5.74) is 9.03. The second-order valence-electron chi connectivity index (χ2n) is 4.32. The Labute approximate surface area is 119 Å². The van der Waals surface area contributed by atoms with E-state index in [-0.39, 0.29) is 0 Å². The van der Waals surface area contributed by atoms with Gasteiger partial charge in [0.2, 0.25) is 0 Å². The van der Waals surface area contributed by atoms with Gasteiger partial charge in [0.1, 0.15) is 0 Å². The van der Waals surface area contributed by atoms with Crippen molar-refractivity contribution < 1.29 is 0 Å². The van der Waals surface area contributed by atoms with Crippen molar-refractivity contribution in [2.45, 2.75) is 0 Å². The molecule has 2 N–H and O–H groups in total. The first-order chi connectivity index (χ1) is 8.75. The molecule has 0 atom stereocenters. The van der Waals surface area contributed by atoms with Crippen molar-refractivity contribution in [3.05, 3.63) is 28.9 Å². The number of hydrogen-bond acceptors (Lipinski definition) is 4. The van der Waals surface area contributed by atoms with E-state index in [0.29, 0.717) is 0 Å². The van der Waals surface area contributed by atoms with Gasteiger partial charge in [-0.2, -0.15) is 11.8 Å². The van der Waals surface area contributed by atoms with Crippen molar-refractivity contribution >= 4 is 50.0 Å². The molecule has 0 amide bonds. The first-order valence-corrected chi connectivity index (χ1v) is 7.87. The third-order valence-corrected chi connectivity index (χ3v) is 4.56. The third kappa shape index (κ3) is 2.17. The average molecular weight is 324 g/mol. The van der Waals surface area contributed by atoms with Crippen molar-refractivity contribution in [2.24, 2.45) is 0 Å². The maximum absolute atomic E-state index is 6.04. The average Bonchev–Trinajstić information content (AvgIpc) is 2.41. The zero-order chi connectivity index (χ0) is 12.5. The van der Waals surface area contributed by atoms with Gasteiger partial charge in [-0.3, -0.25) is 4.98 Å². The van der Waals surface area contributed by atoms with Crippen LogP contribution in [0.4, 0.5) is 11.4 Å². The quantitative estimate of drug-likeness (QED) is 0.819. The van der Waals surface area contributed by atoms with Crippen LogP contribution in [0.3, 0.4) is 0 Å². The minimum absolute atomic E-state index is 0.786. The molecular formula is C13H14BrN3S. The van der Waals surface area contributed by atoms with E-state index < -0.39 is 0 Å². The number of nitrogens with zero attached hydrogens (tertiary/aromatic N) is 2. The Morgan fingerprint density at radius 2 is 2.06 bits per heavy atom. The number of nitrogen functional groups attached to an aromatic ring is 1. The molecular weight excluding hydrogens is 310 g/mol. The summed E-state index contributed by atoms with van der Waals surface area (Å²) >= 11 is 5.46. The van der Waals surface area contributed by atoms with Crippen LogP contribution in [0.1, 0.15) is 0 Å². The molecule has 0 aliphatic carbocycles. The number of halogens is 1. The highest BCUT2D eigenvalue weighted by Crippen LogP contribution is 2.32. The smallest absolute Gasteiger partial charge is 0.0956 e. The Bertz CT molecular complexity index is 582. The Hall–Kier alpha value is -0.940. The summed E-state index contributed by atoms with van der Waals surface area (Å²) in [5.74, 6) is 2.37. The molecule has 1 fully saturated rings. The van der Waals surface area contributed by atoms with E-state index in [1.54, 1.807) is 0 Å². The fourth-order valence-corrected chi connectivity index (χ4v) is 3.49. The van der Waals surface area contributed by atoms with E-state index in [4.69, 9.17) is 5.73 Å². The molecule has 18 heavy (non-hydrogen) atoms. The molecule has 3 nitrogen and oxygen atoms in total. The molecule has 0 radical (unpaired) electrons. The van der Waals surface area contributed by atoms with E-state index in [1.165, 1.54) is 17.2 Å². The summed E-state index contributed by atoms with van der Waals surface area (Å²) in [6, 6.07) is 6.11. The van der Waals surface area contributed by atoms with Crippen LogP contribution in [0.5, 0.6) is 0 Å². The van der Waals surface area contributed by atoms with Gasteiger partial charge in [-0.25, -0.2) is 0 Å². The van der Waals surface area contributed by atoms with Crippen LogP contribution in [-0.2, 0) is 0 Å². The molecule has 2 heterocycles. The number of hydrogen-bond donors (Lipinski definition) is 1. The lowest BCUT2D eigenvalue weighted by Crippen LogP contribution is -2.32. The van der Waals surface area contributed by atoms with Crippen LogP contribution >= 0.6 is 27.7 Å². The molecule has 0 saturated carbocycles. The van der Waals surface area contributed by atoms with E-state index in [1.807, 2.05) is 30.1 Å². The van der Waals surface area contributed by atoms with E-state index in [0.717, 1.165) is 34.2 Å². The normalized spacial score (nSPS) is 16.2. The number of thioether (sulfide) groups is 1. The van der Waals surface area contributed by atoms with Crippen LogP contribution in [0.25, 0.3) is 10.9 Å². The van der Waals surface area contributed by atoms with Crippen LogP contribution in [0.15, 0.2) is 28.9 Å². The van der Waals surface area contributed by atoms with Gasteiger partial charge >= 0.3 is 0 Å². The second kappa shape index (κ2) is 4.97. The Kier molecular flexibility index (Phi) is 3.35. The first-order valence-electron chi connectivity index (χ1n) is 5.92. The molecule has 1 aromatic heterocycles. The van der Waals surface area contributed by atoms with Gasteiger partial charge in [0.25, 0.3) is 0 Å². The minimum Gasteiger partial charge on any atom is -0.398 e. The summed E-state index contributed by atoms with van der Waals surface area (Å²) in [5, 5.41) is 1.03. The summed E-state index contributed by atoms with van der Waals surface area (Å²) < 4.78 is 0.966. The fraction of sp³-hybridized carbons (Fsp3) is 0.308. The van der Waals surface area contributed by atoms with Gasteiger partial charge in [0, 0.05) is 46.3 Å². The van der Waals surface area contributed by atoms with E-state index in [9.17, 15) is 0 Å². The SMILES string of the molecule is Nc1ccc(N2CCSCC2)c2ncc(Br)cc12. The van der Waals surface area contributed by atoms with E-state index >= 15 is 0 Å². The molecule has 5 heteroatoms. The molecule has 3 rings (SSSR count). The third-order valence-electron chi connectivity index (χ3n) is 3.18. The van der Waals surface area contributed by atoms with Gasteiger partial charge in [0.05, 0.1) is 11.2 Å². The first kappa shape index (κ1) is 12.1. The van der Waals surface area contributed by atoms with Crippen LogP contribution in [-0.4, -0.2) is 29.6 Å². The molecule has 2 aromatic rings. The number of aromatic nitrogens is 1. The lowest BCUT2D eigenvalue weighted by molar-refractivity contribution is 0.861. The molecule has 1 saturated heterocycles. The van der Waals surface area contributed by atoms with Crippen molar-refractivity contribution in [2.75, 3.05) is 35.2 Å². The zero-order valence-corrected chi connectivity index (χ0v) is 12.3. The van der Waals surface area contributed by atoms with Crippen molar-refractivity contribution in [1.82, 2.24) is 4.98 Å². The van der Waals surface area contributed by atoms with Gasteiger partial charge in [-0.1, -0.05) is 0 Å². The number of pyridine rings is 1. The number of anilines is 2. The molecule has 0 unspecified atom stereocenters. The molecule has 1 aliphatic heterocycles. The molecule has 1 aliphatic rings. The topological polar surface area (TPSA) is 42.1 Å². The number of fused-ring (bicyclic) bond motifs is 1. The van der Waals surface area contributed by atoms with Crippen LogP contribution < -0.4 is 10.6 Å². The van der Waals surface area contributed by atoms with Crippen LogP contribution in [0.2, 0.25) is 0 Å². The van der Waals surface area contributed by atoms with Gasteiger partial charge in [-0.05, 0) is 34.1 Å². The number of nitrogens with two attached hydrogens (primary N) is 1. The molecule has 94 valence electrons. The highest BCUT2D eigenvalue weighted by atomic mass is 79.9. The molecule has 0 bridgehead atoms. The predicted octanol–water partition coefficient (Wildman–Crippen LogP) is 3.13. The van der Waals surface area contributed by atoms with Gasteiger partial charge < -0.3 is 10.6 Å². The Balaban J connectivity index is 2.14. The number of benzene rings is 1. The van der Waals surface area contributed by atoms with Crippen molar-refractivity contribution in [3.8, 4) is 0 Å². The zero-order valence-electron chi connectivity index (χ0n) is 9.90. The number of rotatable bonds is 1. The lowest BCUT2D eigenvalue weighted by Gasteiger charge is -2.29. The van der Waals surface area contributed by atoms with Crippen molar-refractivity contribution in [1.29, 1.82) is 0 Å². The summed E-state index contributed by atoms with van der Waals surface area (Å²) in [6.07, 6.45) is 1.84. The Morgan fingerprint density at radius 1 is 1.28 bits per heavy atom. The molecule has 0 spiro atoms.